The largest absolute Gasteiger partial charge is 0.489 e. The Hall–Kier alpha value is -2.69. The molecule has 1 unspecified atom stereocenters. The highest BCUT2D eigenvalue weighted by molar-refractivity contribution is 6.30. The SMILES string of the molecule is CC(=O)OC1C(=O)c2cccc(OC/C=C(\C)CCC=C(C)C)c2C1=O. The Kier molecular flexibility index (Phi) is 6.50. The van der Waals surface area contributed by atoms with Gasteiger partial charge in [-0.2, -0.15) is 0 Å². The van der Waals surface area contributed by atoms with Crippen LogP contribution < -0.4 is 4.74 Å². The molecule has 0 bridgehead atoms. The summed E-state index contributed by atoms with van der Waals surface area (Å²) in [6.07, 6.45) is 4.66. The molecule has 0 radical (unpaired) electrons. The zero-order valence-corrected chi connectivity index (χ0v) is 15.6. The fourth-order valence-electron chi connectivity index (χ4n) is 2.74. The maximum absolute atomic E-state index is 12.5. The first kappa shape index (κ1) is 19.6. The van der Waals surface area contributed by atoms with Crippen molar-refractivity contribution < 1.29 is 23.9 Å². The van der Waals surface area contributed by atoms with Crippen molar-refractivity contribution in [3.8, 4) is 5.75 Å². The van der Waals surface area contributed by atoms with Crippen LogP contribution in [0, 0.1) is 0 Å². The summed E-state index contributed by atoms with van der Waals surface area (Å²) in [4.78, 5) is 35.9. The molecule has 0 N–H and O–H groups in total. The van der Waals surface area contributed by atoms with Gasteiger partial charge in [0.05, 0.1) is 5.56 Å². The Morgan fingerprint density at radius 3 is 2.46 bits per heavy atom. The zero-order valence-electron chi connectivity index (χ0n) is 15.6. The third-order valence-corrected chi connectivity index (χ3v) is 4.06. The van der Waals surface area contributed by atoms with Crippen LogP contribution in [0.15, 0.2) is 41.5 Å². The number of ketones is 2. The van der Waals surface area contributed by atoms with Crippen molar-refractivity contribution in [1.82, 2.24) is 0 Å². The number of hydrogen-bond donors (Lipinski definition) is 0. The number of carbonyl (C=O) groups excluding carboxylic acids is 3. The van der Waals surface area contributed by atoms with E-state index in [1.807, 2.05) is 13.0 Å². The molecule has 1 aromatic carbocycles. The third-order valence-electron chi connectivity index (χ3n) is 4.06. The lowest BCUT2D eigenvalue weighted by atomic mass is 10.1. The van der Waals surface area contributed by atoms with Crippen LogP contribution in [0.2, 0.25) is 0 Å². The van der Waals surface area contributed by atoms with Crippen LogP contribution in [0.5, 0.6) is 5.75 Å². The quantitative estimate of drug-likeness (QED) is 0.418. The Balaban J connectivity index is 2.08. The van der Waals surface area contributed by atoms with Gasteiger partial charge in [0.15, 0.2) is 0 Å². The van der Waals surface area contributed by atoms with E-state index in [0.29, 0.717) is 12.4 Å². The number of fused-ring (bicyclic) bond motifs is 1. The fourth-order valence-corrected chi connectivity index (χ4v) is 2.74. The van der Waals surface area contributed by atoms with E-state index in [1.54, 1.807) is 18.2 Å². The summed E-state index contributed by atoms with van der Waals surface area (Å²) < 4.78 is 10.6. The number of benzene rings is 1. The minimum absolute atomic E-state index is 0.194. The van der Waals surface area contributed by atoms with Crippen LogP contribution in [0.3, 0.4) is 0 Å². The molecule has 138 valence electrons. The summed E-state index contributed by atoms with van der Waals surface area (Å²) in [5, 5.41) is 0. The lowest BCUT2D eigenvalue weighted by molar-refractivity contribution is -0.142. The minimum atomic E-state index is -1.39. The van der Waals surface area contributed by atoms with Crippen LogP contribution in [0.1, 0.15) is 61.3 Å². The molecule has 0 fully saturated rings. The van der Waals surface area contributed by atoms with Gasteiger partial charge in [-0.1, -0.05) is 29.4 Å². The molecular formula is C21H24O5. The normalized spacial score (nSPS) is 16.3. The summed E-state index contributed by atoms with van der Waals surface area (Å²) in [6, 6.07) is 4.85. The number of Topliss-reactive ketones (excluding diaryl/α,β-unsaturated/α-hetero) is 2. The molecular weight excluding hydrogens is 332 g/mol. The molecule has 26 heavy (non-hydrogen) atoms. The molecule has 5 heteroatoms. The Bertz CT molecular complexity index is 782. The fraction of sp³-hybridized carbons (Fsp3) is 0.381. The molecule has 0 saturated carbocycles. The molecule has 0 aliphatic heterocycles. The number of ether oxygens (including phenoxy) is 2. The second-order valence-corrected chi connectivity index (χ2v) is 6.58. The van der Waals surface area contributed by atoms with E-state index in [2.05, 4.69) is 19.9 Å². The van der Waals surface area contributed by atoms with Gasteiger partial charge in [0, 0.05) is 12.5 Å². The van der Waals surface area contributed by atoms with E-state index in [4.69, 9.17) is 9.47 Å². The molecule has 1 atom stereocenters. The molecule has 2 rings (SSSR count). The van der Waals surface area contributed by atoms with Gasteiger partial charge in [0.25, 0.3) is 0 Å². The highest BCUT2D eigenvalue weighted by Gasteiger charge is 2.43. The third kappa shape index (κ3) is 4.69. The van der Waals surface area contributed by atoms with Gasteiger partial charge < -0.3 is 9.47 Å². The van der Waals surface area contributed by atoms with Crippen molar-refractivity contribution in [2.24, 2.45) is 0 Å². The number of allylic oxidation sites excluding steroid dienone is 3. The van der Waals surface area contributed by atoms with Crippen LogP contribution in [-0.2, 0) is 9.53 Å². The van der Waals surface area contributed by atoms with Gasteiger partial charge in [-0.15, -0.1) is 0 Å². The maximum atomic E-state index is 12.5. The average molecular weight is 356 g/mol. The second kappa shape index (κ2) is 8.61. The van der Waals surface area contributed by atoms with E-state index in [1.165, 1.54) is 18.1 Å². The van der Waals surface area contributed by atoms with E-state index in [0.717, 1.165) is 12.8 Å². The van der Waals surface area contributed by atoms with Gasteiger partial charge >= 0.3 is 5.97 Å². The topological polar surface area (TPSA) is 69.7 Å². The summed E-state index contributed by atoms with van der Waals surface area (Å²) in [7, 11) is 0. The molecule has 1 aliphatic carbocycles. The predicted molar refractivity (Wildman–Crippen MR) is 98.6 cm³/mol. The molecule has 0 spiro atoms. The van der Waals surface area contributed by atoms with Gasteiger partial charge in [-0.3, -0.25) is 14.4 Å². The average Bonchev–Trinajstić information content (AvgIpc) is 2.80. The second-order valence-electron chi connectivity index (χ2n) is 6.58. The number of rotatable bonds is 7. The Morgan fingerprint density at radius 1 is 1.08 bits per heavy atom. The molecule has 1 aliphatic rings. The van der Waals surface area contributed by atoms with Crippen LogP contribution >= 0.6 is 0 Å². The number of carbonyl (C=O) groups is 3. The summed E-state index contributed by atoms with van der Waals surface area (Å²) >= 11 is 0. The first-order chi connectivity index (χ1) is 12.3. The highest BCUT2D eigenvalue weighted by Crippen LogP contribution is 2.32. The molecule has 1 aromatic rings. The highest BCUT2D eigenvalue weighted by atomic mass is 16.5. The first-order valence-corrected chi connectivity index (χ1v) is 8.61. The van der Waals surface area contributed by atoms with E-state index in [-0.39, 0.29) is 11.1 Å². The molecule has 0 amide bonds. The van der Waals surface area contributed by atoms with Crippen LogP contribution in [-0.4, -0.2) is 30.2 Å². The Labute approximate surface area is 153 Å². The molecule has 5 nitrogen and oxygen atoms in total. The first-order valence-electron chi connectivity index (χ1n) is 8.61. The van der Waals surface area contributed by atoms with Crippen molar-refractivity contribution in [3.05, 3.63) is 52.6 Å². The number of esters is 1. The van der Waals surface area contributed by atoms with E-state index in [9.17, 15) is 14.4 Å². The van der Waals surface area contributed by atoms with Gasteiger partial charge in [-0.25, -0.2) is 0 Å². The summed E-state index contributed by atoms with van der Waals surface area (Å²) in [5.74, 6) is -1.36. The van der Waals surface area contributed by atoms with Crippen molar-refractivity contribution in [3.63, 3.8) is 0 Å². The van der Waals surface area contributed by atoms with Crippen LogP contribution in [0.25, 0.3) is 0 Å². The number of hydrogen-bond acceptors (Lipinski definition) is 5. The lowest BCUT2D eigenvalue weighted by Gasteiger charge is -2.09. The van der Waals surface area contributed by atoms with Crippen molar-refractivity contribution >= 4 is 17.5 Å². The van der Waals surface area contributed by atoms with E-state index < -0.39 is 23.6 Å². The predicted octanol–water partition coefficient (Wildman–Crippen LogP) is 4.07. The molecule has 0 heterocycles. The van der Waals surface area contributed by atoms with E-state index >= 15 is 0 Å². The lowest BCUT2D eigenvalue weighted by Crippen LogP contribution is -2.27. The minimum Gasteiger partial charge on any atom is -0.489 e. The maximum Gasteiger partial charge on any atom is 0.303 e. The van der Waals surface area contributed by atoms with Crippen molar-refractivity contribution in [2.75, 3.05) is 6.61 Å². The smallest absolute Gasteiger partial charge is 0.303 e. The van der Waals surface area contributed by atoms with Crippen molar-refractivity contribution in [1.29, 1.82) is 0 Å². The summed E-state index contributed by atoms with van der Waals surface area (Å²) in [5.41, 5.74) is 2.91. The molecule has 0 aromatic heterocycles. The Morgan fingerprint density at radius 2 is 1.81 bits per heavy atom. The van der Waals surface area contributed by atoms with Crippen LogP contribution in [0.4, 0.5) is 0 Å². The van der Waals surface area contributed by atoms with Gasteiger partial charge in [-0.05, 0) is 45.8 Å². The van der Waals surface area contributed by atoms with Crippen molar-refractivity contribution in [2.45, 2.75) is 46.6 Å². The monoisotopic (exact) mass is 356 g/mol. The van der Waals surface area contributed by atoms with Gasteiger partial charge in [0.2, 0.25) is 17.7 Å². The summed E-state index contributed by atoms with van der Waals surface area (Å²) in [6.45, 7) is 7.64. The standard InChI is InChI=1S/C21H24O5/c1-13(2)7-5-8-14(3)11-12-25-17-10-6-9-16-18(17)20(24)21(19(16)23)26-15(4)22/h6-7,9-11,21H,5,8,12H2,1-4H3/b14-11+. The van der Waals surface area contributed by atoms with Gasteiger partial charge in [0.1, 0.15) is 12.4 Å². The molecule has 0 saturated heterocycles. The zero-order chi connectivity index (χ0) is 19.3.